The maximum atomic E-state index is 4.25. The van der Waals surface area contributed by atoms with Crippen LogP contribution in [0.5, 0.6) is 0 Å². The quantitative estimate of drug-likeness (QED) is 0.571. The normalized spacial score (nSPS) is 11.0. The van der Waals surface area contributed by atoms with Crippen LogP contribution in [0.25, 0.3) is 10.3 Å². The van der Waals surface area contributed by atoms with Crippen molar-refractivity contribution in [1.29, 1.82) is 0 Å². The lowest BCUT2D eigenvalue weighted by atomic mass is 10.4. The Bertz CT molecular complexity index is 360. The number of aromatic nitrogens is 3. The van der Waals surface area contributed by atoms with E-state index in [2.05, 4.69) is 10.1 Å². The average molecular weight is 153 g/mol. The van der Waals surface area contributed by atoms with Crippen molar-refractivity contribution in [3.8, 4) is 0 Å². The highest BCUT2D eigenvalue weighted by molar-refractivity contribution is 7.16. The van der Waals surface area contributed by atoms with E-state index >= 15 is 0 Å². The van der Waals surface area contributed by atoms with Gasteiger partial charge in [0.1, 0.15) is 5.52 Å². The minimum Gasteiger partial charge on any atom is -0.269 e. The summed E-state index contributed by atoms with van der Waals surface area (Å²) >= 11 is 1.58. The van der Waals surface area contributed by atoms with Crippen LogP contribution in [0, 0.1) is 6.92 Å². The van der Waals surface area contributed by atoms with E-state index in [9.17, 15) is 0 Å². The van der Waals surface area contributed by atoms with Gasteiger partial charge in [-0.3, -0.25) is 4.68 Å². The molecule has 10 heavy (non-hydrogen) atoms. The van der Waals surface area contributed by atoms with Crippen LogP contribution in [0.3, 0.4) is 0 Å². The fourth-order valence-electron chi connectivity index (χ4n) is 0.924. The number of aryl methyl sites for hydroxylation is 2. The molecule has 0 spiro atoms. The molecule has 2 heterocycles. The molecule has 0 radical (unpaired) electrons. The topological polar surface area (TPSA) is 30.7 Å². The number of hydrogen-bond donors (Lipinski definition) is 0. The first-order valence-corrected chi connectivity index (χ1v) is 3.90. The van der Waals surface area contributed by atoms with Gasteiger partial charge in [-0.25, -0.2) is 4.98 Å². The molecule has 0 aliphatic rings. The molecule has 0 saturated heterocycles. The third-order valence-corrected chi connectivity index (χ3v) is 2.33. The summed E-state index contributed by atoms with van der Waals surface area (Å²) < 4.78 is 1.86. The Labute approximate surface area is 62.3 Å². The molecule has 0 aliphatic carbocycles. The van der Waals surface area contributed by atoms with Gasteiger partial charge in [0.25, 0.3) is 0 Å². The summed E-state index contributed by atoms with van der Waals surface area (Å²) in [6.07, 6.45) is 0. The lowest BCUT2D eigenvalue weighted by Gasteiger charge is -1.88. The molecule has 2 rings (SSSR count). The van der Waals surface area contributed by atoms with Crippen molar-refractivity contribution in [2.75, 3.05) is 0 Å². The maximum Gasteiger partial charge on any atom is 0.165 e. The second-order valence-electron chi connectivity index (χ2n) is 2.22. The lowest BCUT2D eigenvalue weighted by molar-refractivity contribution is 0.751. The molecule has 2 aromatic rings. The van der Waals surface area contributed by atoms with Crippen molar-refractivity contribution in [1.82, 2.24) is 14.8 Å². The van der Waals surface area contributed by atoms with E-state index in [-0.39, 0.29) is 0 Å². The van der Waals surface area contributed by atoms with E-state index in [0.717, 1.165) is 16.0 Å². The molecule has 4 heteroatoms. The van der Waals surface area contributed by atoms with Crippen LogP contribution in [-0.4, -0.2) is 14.8 Å². The summed E-state index contributed by atoms with van der Waals surface area (Å²) in [5, 5.41) is 4.25. The Balaban J connectivity index is 2.95. The van der Waals surface area contributed by atoms with E-state index in [1.54, 1.807) is 11.3 Å². The number of nitrogens with zero attached hydrogens (tertiary/aromatic N) is 3. The molecule has 0 unspecified atom stereocenters. The van der Waals surface area contributed by atoms with Crippen LogP contribution in [0.1, 0.15) is 5.69 Å². The Morgan fingerprint density at radius 1 is 1.60 bits per heavy atom. The molecule has 0 amide bonds. The molecule has 0 aromatic carbocycles. The Kier molecular flexibility index (Phi) is 1.05. The van der Waals surface area contributed by atoms with Gasteiger partial charge < -0.3 is 0 Å². The van der Waals surface area contributed by atoms with Gasteiger partial charge in [-0.05, 0) is 6.92 Å². The van der Waals surface area contributed by atoms with Crippen molar-refractivity contribution in [2.24, 2.45) is 7.05 Å². The summed E-state index contributed by atoms with van der Waals surface area (Å²) in [7, 11) is 1.93. The van der Waals surface area contributed by atoms with Crippen LogP contribution >= 0.6 is 11.3 Å². The number of fused-ring (bicyclic) bond motifs is 1. The largest absolute Gasteiger partial charge is 0.269 e. The van der Waals surface area contributed by atoms with Crippen molar-refractivity contribution < 1.29 is 0 Å². The molecule has 0 bridgehead atoms. The van der Waals surface area contributed by atoms with E-state index in [1.807, 2.05) is 24.2 Å². The predicted octanol–water partition coefficient (Wildman–Crippen LogP) is 1.34. The predicted molar refractivity (Wildman–Crippen MR) is 41.1 cm³/mol. The minimum absolute atomic E-state index is 1.03. The molecule has 3 nitrogen and oxygen atoms in total. The van der Waals surface area contributed by atoms with Gasteiger partial charge in [-0.2, -0.15) is 5.10 Å². The standard InChI is InChI=1S/C6H7N3S/c1-4-5-6(8-9(4)2)10-3-7-5/h3H,1-2H3. The molecule has 0 atom stereocenters. The van der Waals surface area contributed by atoms with Gasteiger partial charge in [-0.15, -0.1) is 11.3 Å². The summed E-state index contributed by atoms with van der Waals surface area (Å²) in [5.41, 5.74) is 3.99. The van der Waals surface area contributed by atoms with Gasteiger partial charge in [0, 0.05) is 7.05 Å². The Morgan fingerprint density at radius 2 is 2.40 bits per heavy atom. The average Bonchev–Trinajstić information content (AvgIpc) is 2.41. The number of rotatable bonds is 0. The van der Waals surface area contributed by atoms with Gasteiger partial charge in [0.15, 0.2) is 4.83 Å². The van der Waals surface area contributed by atoms with Crippen LogP contribution in [0.15, 0.2) is 5.51 Å². The van der Waals surface area contributed by atoms with E-state index < -0.39 is 0 Å². The zero-order valence-corrected chi connectivity index (χ0v) is 6.64. The summed E-state index contributed by atoms with van der Waals surface area (Å²) in [5.74, 6) is 0. The molecule has 0 N–H and O–H groups in total. The number of hydrogen-bond acceptors (Lipinski definition) is 3. The van der Waals surface area contributed by atoms with Crippen LogP contribution in [0.2, 0.25) is 0 Å². The molecule has 2 aromatic heterocycles. The Morgan fingerprint density at radius 3 is 3.10 bits per heavy atom. The van der Waals surface area contributed by atoms with Crippen molar-refractivity contribution in [2.45, 2.75) is 6.92 Å². The summed E-state index contributed by atoms with van der Waals surface area (Å²) in [4.78, 5) is 5.20. The monoisotopic (exact) mass is 153 g/mol. The van der Waals surface area contributed by atoms with Gasteiger partial charge in [0.05, 0.1) is 11.2 Å². The fourth-order valence-corrected chi connectivity index (χ4v) is 1.66. The van der Waals surface area contributed by atoms with Crippen molar-refractivity contribution >= 4 is 21.7 Å². The smallest absolute Gasteiger partial charge is 0.165 e. The first-order valence-electron chi connectivity index (χ1n) is 3.02. The van der Waals surface area contributed by atoms with Crippen molar-refractivity contribution in [3.63, 3.8) is 0 Å². The highest BCUT2D eigenvalue weighted by Crippen LogP contribution is 2.18. The van der Waals surface area contributed by atoms with Crippen molar-refractivity contribution in [3.05, 3.63) is 11.2 Å². The van der Waals surface area contributed by atoms with Crippen LogP contribution in [0.4, 0.5) is 0 Å². The first-order chi connectivity index (χ1) is 4.79. The zero-order valence-electron chi connectivity index (χ0n) is 5.83. The molecular weight excluding hydrogens is 146 g/mol. The van der Waals surface area contributed by atoms with Crippen LogP contribution < -0.4 is 0 Å². The fraction of sp³-hybridized carbons (Fsp3) is 0.333. The zero-order chi connectivity index (χ0) is 7.14. The third-order valence-electron chi connectivity index (χ3n) is 1.62. The van der Waals surface area contributed by atoms with Gasteiger partial charge in [0.2, 0.25) is 0 Å². The SMILES string of the molecule is Cc1c2ncsc2nn1C. The second-order valence-corrected chi connectivity index (χ2v) is 3.05. The van der Waals surface area contributed by atoms with Gasteiger partial charge in [-0.1, -0.05) is 0 Å². The van der Waals surface area contributed by atoms with E-state index in [0.29, 0.717) is 0 Å². The minimum atomic E-state index is 1.03. The summed E-state index contributed by atoms with van der Waals surface area (Å²) in [6.45, 7) is 2.02. The third kappa shape index (κ3) is 0.593. The maximum absolute atomic E-state index is 4.25. The molecule has 0 saturated carbocycles. The van der Waals surface area contributed by atoms with Gasteiger partial charge >= 0.3 is 0 Å². The van der Waals surface area contributed by atoms with Crippen LogP contribution in [-0.2, 0) is 7.05 Å². The first kappa shape index (κ1) is 5.85. The highest BCUT2D eigenvalue weighted by Gasteiger charge is 2.05. The summed E-state index contributed by atoms with van der Waals surface area (Å²) in [6, 6.07) is 0. The number of thiazole rings is 1. The van der Waals surface area contributed by atoms with E-state index in [1.165, 1.54) is 0 Å². The second kappa shape index (κ2) is 1.79. The molecular formula is C6H7N3S. The Hall–Kier alpha value is -0.900. The molecule has 0 aliphatic heterocycles. The lowest BCUT2D eigenvalue weighted by Crippen LogP contribution is -1.91. The molecule has 0 fully saturated rings. The highest BCUT2D eigenvalue weighted by atomic mass is 32.1. The van der Waals surface area contributed by atoms with E-state index in [4.69, 9.17) is 0 Å². The molecule has 52 valence electrons.